The van der Waals surface area contributed by atoms with Crippen molar-refractivity contribution < 1.29 is 0 Å². The average molecular weight is 252 g/mol. The summed E-state index contributed by atoms with van der Waals surface area (Å²) in [5.41, 5.74) is 2.44. The van der Waals surface area contributed by atoms with E-state index < -0.39 is 0 Å². The van der Waals surface area contributed by atoms with Crippen molar-refractivity contribution in [2.24, 2.45) is 4.99 Å². The van der Waals surface area contributed by atoms with Gasteiger partial charge in [0.1, 0.15) is 5.84 Å². The average Bonchev–Trinajstić information content (AvgIpc) is 2.65. The molecule has 1 aromatic carbocycles. The highest BCUT2D eigenvalue weighted by molar-refractivity contribution is 9.10. The molecule has 72 valence electrons. The van der Waals surface area contributed by atoms with Crippen LogP contribution in [0, 0.1) is 0 Å². The van der Waals surface area contributed by atoms with Crippen molar-refractivity contribution in [2.45, 2.75) is 0 Å². The lowest BCUT2D eigenvalue weighted by Crippen LogP contribution is -2.37. The van der Waals surface area contributed by atoms with E-state index in [1.165, 1.54) is 17.2 Å². The molecule has 0 bridgehead atoms. The van der Waals surface area contributed by atoms with E-state index in [0.717, 1.165) is 24.1 Å². The molecule has 0 unspecified atom stereocenters. The Labute approximate surface area is 91.0 Å². The Balaban J connectivity index is 2.11. The summed E-state index contributed by atoms with van der Waals surface area (Å²) < 4.78 is 1.11. The highest BCUT2D eigenvalue weighted by atomic mass is 79.9. The fourth-order valence-electron chi connectivity index (χ4n) is 1.96. The summed E-state index contributed by atoms with van der Waals surface area (Å²) in [5, 5.41) is 3.37. The molecule has 2 heterocycles. The lowest BCUT2D eigenvalue weighted by molar-refractivity contribution is 1.01. The molecule has 3 nitrogen and oxygen atoms in total. The van der Waals surface area contributed by atoms with Gasteiger partial charge in [0.2, 0.25) is 0 Å². The Hall–Kier alpha value is -1.03. The van der Waals surface area contributed by atoms with E-state index in [0.29, 0.717) is 0 Å². The highest BCUT2D eigenvalue weighted by Gasteiger charge is 2.24. The maximum Gasteiger partial charge on any atom is 0.123 e. The van der Waals surface area contributed by atoms with Crippen molar-refractivity contribution in [2.75, 3.05) is 29.9 Å². The number of halogens is 1. The first-order valence-corrected chi connectivity index (χ1v) is 5.48. The number of anilines is 2. The maximum absolute atomic E-state index is 4.45. The number of aliphatic imine (C=N–C) groups is 1. The summed E-state index contributed by atoms with van der Waals surface area (Å²) in [7, 11) is 0. The minimum atomic E-state index is 0.851. The zero-order chi connectivity index (χ0) is 9.54. The molecule has 0 aliphatic carbocycles. The molecule has 2 aliphatic heterocycles. The number of hydrogen-bond acceptors (Lipinski definition) is 3. The molecule has 1 N–H and O–H groups in total. The number of nitrogens with one attached hydrogen (secondary N) is 1. The predicted octanol–water partition coefficient (Wildman–Crippen LogP) is 2.09. The molecule has 3 rings (SSSR count). The van der Waals surface area contributed by atoms with Crippen LogP contribution in [0.15, 0.2) is 27.7 Å². The van der Waals surface area contributed by atoms with Gasteiger partial charge >= 0.3 is 0 Å². The fraction of sp³-hybridized carbons (Fsp3) is 0.300. The van der Waals surface area contributed by atoms with Crippen molar-refractivity contribution in [3.05, 3.63) is 22.7 Å². The first kappa shape index (κ1) is 8.29. The van der Waals surface area contributed by atoms with Gasteiger partial charge in [0.15, 0.2) is 0 Å². The smallest absolute Gasteiger partial charge is 0.123 e. The Kier molecular flexibility index (Phi) is 1.77. The summed E-state index contributed by atoms with van der Waals surface area (Å²) >= 11 is 3.47. The standard InChI is InChI=1S/C10H10BrN3/c11-7-1-2-9-8(5-7)13-6-10-12-3-4-14(9)10/h1-2,5,13H,3-4,6H2. The quantitative estimate of drug-likeness (QED) is 0.765. The molecule has 14 heavy (non-hydrogen) atoms. The molecular formula is C10H10BrN3. The third-order valence-electron chi connectivity index (χ3n) is 2.62. The molecule has 0 radical (unpaired) electrons. The Morgan fingerprint density at radius 1 is 1.43 bits per heavy atom. The van der Waals surface area contributed by atoms with E-state index in [4.69, 9.17) is 0 Å². The van der Waals surface area contributed by atoms with Gasteiger partial charge < -0.3 is 10.2 Å². The Bertz CT molecular complexity index is 414. The number of nitrogens with zero attached hydrogens (tertiary/aromatic N) is 2. The highest BCUT2D eigenvalue weighted by Crippen LogP contribution is 2.33. The summed E-state index contributed by atoms with van der Waals surface area (Å²) in [6.07, 6.45) is 0. The number of hydrogen-bond donors (Lipinski definition) is 1. The lowest BCUT2D eigenvalue weighted by Gasteiger charge is -2.29. The Morgan fingerprint density at radius 3 is 3.29 bits per heavy atom. The lowest BCUT2D eigenvalue weighted by atomic mass is 10.2. The van der Waals surface area contributed by atoms with Crippen LogP contribution in [-0.2, 0) is 0 Å². The second kappa shape index (κ2) is 2.98. The summed E-state index contributed by atoms with van der Waals surface area (Å²) in [6.45, 7) is 2.79. The van der Waals surface area contributed by atoms with Crippen molar-refractivity contribution in [3.8, 4) is 0 Å². The first-order chi connectivity index (χ1) is 6.84. The number of fused-ring (bicyclic) bond motifs is 3. The second-order valence-electron chi connectivity index (χ2n) is 3.46. The molecule has 0 spiro atoms. The minimum Gasteiger partial charge on any atom is -0.376 e. The van der Waals surface area contributed by atoms with Crippen LogP contribution in [0.3, 0.4) is 0 Å². The van der Waals surface area contributed by atoms with Gasteiger partial charge in [0.25, 0.3) is 0 Å². The number of rotatable bonds is 0. The number of benzene rings is 1. The Morgan fingerprint density at radius 2 is 2.36 bits per heavy atom. The van der Waals surface area contributed by atoms with E-state index in [9.17, 15) is 0 Å². The molecule has 0 aromatic heterocycles. The largest absolute Gasteiger partial charge is 0.376 e. The van der Waals surface area contributed by atoms with E-state index in [1.807, 2.05) is 0 Å². The van der Waals surface area contributed by atoms with Crippen LogP contribution < -0.4 is 10.2 Å². The van der Waals surface area contributed by atoms with E-state index in [-0.39, 0.29) is 0 Å². The van der Waals surface area contributed by atoms with Gasteiger partial charge in [-0.25, -0.2) is 0 Å². The molecule has 1 aromatic rings. The van der Waals surface area contributed by atoms with Crippen LogP contribution in [0.4, 0.5) is 11.4 Å². The van der Waals surface area contributed by atoms with Crippen LogP contribution in [0.5, 0.6) is 0 Å². The van der Waals surface area contributed by atoms with Crippen LogP contribution >= 0.6 is 15.9 Å². The molecule has 0 amide bonds. The third kappa shape index (κ3) is 1.14. The van der Waals surface area contributed by atoms with Gasteiger partial charge in [-0.3, -0.25) is 4.99 Å². The fourth-order valence-corrected chi connectivity index (χ4v) is 2.32. The van der Waals surface area contributed by atoms with E-state index >= 15 is 0 Å². The van der Waals surface area contributed by atoms with Gasteiger partial charge in [0.05, 0.1) is 24.5 Å². The predicted molar refractivity (Wildman–Crippen MR) is 62.3 cm³/mol. The first-order valence-electron chi connectivity index (χ1n) is 4.69. The van der Waals surface area contributed by atoms with Crippen LogP contribution in [0.25, 0.3) is 0 Å². The molecule has 0 saturated heterocycles. The van der Waals surface area contributed by atoms with Crippen LogP contribution in [0.2, 0.25) is 0 Å². The van der Waals surface area contributed by atoms with Crippen molar-refractivity contribution in [1.82, 2.24) is 0 Å². The van der Waals surface area contributed by atoms with Gasteiger partial charge in [-0.15, -0.1) is 0 Å². The SMILES string of the molecule is Brc1ccc2c(c1)NCC1=NCCN12. The van der Waals surface area contributed by atoms with Gasteiger partial charge in [-0.2, -0.15) is 0 Å². The van der Waals surface area contributed by atoms with Crippen molar-refractivity contribution in [3.63, 3.8) is 0 Å². The zero-order valence-corrected chi connectivity index (χ0v) is 9.21. The minimum absolute atomic E-state index is 0.851. The second-order valence-corrected chi connectivity index (χ2v) is 4.38. The summed E-state index contributed by atoms with van der Waals surface area (Å²) in [6, 6.07) is 6.32. The van der Waals surface area contributed by atoms with E-state index in [1.54, 1.807) is 0 Å². The van der Waals surface area contributed by atoms with Crippen LogP contribution in [-0.4, -0.2) is 25.5 Å². The topological polar surface area (TPSA) is 27.6 Å². The zero-order valence-electron chi connectivity index (χ0n) is 7.63. The van der Waals surface area contributed by atoms with Crippen LogP contribution in [0.1, 0.15) is 0 Å². The van der Waals surface area contributed by atoms with Crippen molar-refractivity contribution in [1.29, 1.82) is 0 Å². The van der Waals surface area contributed by atoms with E-state index in [2.05, 4.69) is 49.3 Å². The molecular weight excluding hydrogens is 242 g/mol. The van der Waals surface area contributed by atoms with Gasteiger partial charge in [-0.1, -0.05) is 15.9 Å². The molecule has 0 atom stereocenters. The normalized spacial score (nSPS) is 18.4. The summed E-state index contributed by atoms with van der Waals surface area (Å²) in [5.74, 6) is 1.17. The third-order valence-corrected chi connectivity index (χ3v) is 3.11. The molecule has 4 heteroatoms. The monoisotopic (exact) mass is 251 g/mol. The van der Waals surface area contributed by atoms with Crippen molar-refractivity contribution >= 4 is 33.1 Å². The van der Waals surface area contributed by atoms with Gasteiger partial charge in [-0.05, 0) is 18.2 Å². The molecule has 2 aliphatic rings. The van der Waals surface area contributed by atoms with Gasteiger partial charge in [0, 0.05) is 11.0 Å². The maximum atomic E-state index is 4.45. The number of amidine groups is 1. The molecule has 0 saturated carbocycles. The summed E-state index contributed by atoms with van der Waals surface area (Å²) in [4.78, 5) is 6.74. The molecule has 0 fully saturated rings.